The van der Waals surface area contributed by atoms with Crippen LogP contribution in [0, 0.1) is 0 Å². The molecule has 0 aliphatic rings. The molecule has 0 saturated heterocycles. The van der Waals surface area contributed by atoms with E-state index in [1.54, 1.807) is 13.8 Å². The van der Waals surface area contributed by atoms with Crippen molar-refractivity contribution in [3.05, 3.63) is 0 Å². The quantitative estimate of drug-likeness (QED) is 0.704. The monoisotopic (exact) mass is 392 g/mol. The van der Waals surface area contributed by atoms with Crippen molar-refractivity contribution in [2.24, 2.45) is 0 Å². The molecular formula is C8H14HgO5. The van der Waals surface area contributed by atoms with Gasteiger partial charge < -0.3 is 0 Å². The maximum atomic E-state index is 10.9. The summed E-state index contributed by atoms with van der Waals surface area (Å²) in [5.74, 6) is -1.34. The molecule has 0 aromatic carbocycles. The molecule has 0 aromatic heterocycles. The van der Waals surface area contributed by atoms with Gasteiger partial charge in [-0.2, -0.15) is 0 Å². The molecule has 6 heteroatoms. The Labute approximate surface area is 95.9 Å². The molecule has 0 spiro atoms. The Kier molecular flexibility index (Phi) is 5.59. The molecular weight excluding hydrogens is 377 g/mol. The Bertz CT molecular complexity index is 226. The van der Waals surface area contributed by atoms with Crippen LogP contribution in [0.15, 0.2) is 0 Å². The number of methoxy groups -OCH3 is 1. The van der Waals surface area contributed by atoms with Gasteiger partial charge in [0.25, 0.3) is 0 Å². The predicted molar refractivity (Wildman–Crippen MR) is 44.2 cm³/mol. The standard InChI is InChI=1S/C6H11O3.C2H4O2.Hg/c1-6(2,9-3)4-5(7)8;1-2(3)4;/h4H,1-3H3,(H,7,8);1H3,(H,3,4);/q;;+1/p-1. The molecule has 0 fully saturated rings. The van der Waals surface area contributed by atoms with Crippen molar-refractivity contribution >= 4 is 11.9 Å². The second kappa shape index (κ2) is 5.65. The maximum absolute atomic E-state index is 10.9. The topological polar surface area (TPSA) is 72.8 Å². The number of hydrogen-bond donors (Lipinski definition) is 1. The SMILES string of the molecule is COC(C)(C)[CH]([Hg][O]C(C)=O)C(=O)O. The zero-order valence-corrected chi connectivity index (χ0v) is 14.4. The zero-order chi connectivity index (χ0) is 11.4. The van der Waals surface area contributed by atoms with Crippen LogP contribution in [0.25, 0.3) is 0 Å². The van der Waals surface area contributed by atoms with Crippen molar-refractivity contribution in [3.8, 4) is 0 Å². The second-order valence-electron chi connectivity index (χ2n) is 3.50. The molecule has 0 aromatic rings. The van der Waals surface area contributed by atoms with E-state index in [9.17, 15) is 9.59 Å². The summed E-state index contributed by atoms with van der Waals surface area (Å²) in [7, 11) is 1.46. The summed E-state index contributed by atoms with van der Waals surface area (Å²) in [6.07, 6.45) is 0. The van der Waals surface area contributed by atoms with E-state index in [2.05, 4.69) is 0 Å². The van der Waals surface area contributed by atoms with Gasteiger partial charge in [0.2, 0.25) is 0 Å². The third kappa shape index (κ3) is 4.37. The molecule has 0 saturated carbocycles. The van der Waals surface area contributed by atoms with Crippen molar-refractivity contribution in [1.82, 2.24) is 0 Å². The van der Waals surface area contributed by atoms with Gasteiger partial charge in [0.15, 0.2) is 0 Å². The molecule has 5 nitrogen and oxygen atoms in total. The summed E-state index contributed by atoms with van der Waals surface area (Å²) in [5.41, 5.74) is -0.761. The van der Waals surface area contributed by atoms with Crippen LogP contribution in [-0.2, 0) is 42.0 Å². The number of hydrogen-bond acceptors (Lipinski definition) is 4. The van der Waals surface area contributed by atoms with Crippen LogP contribution in [0.1, 0.15) is 20.8 Å². The van der Waals surface area contributed by atoms with Crippen molar-refractivity contribution in [2.75, 3.05) is 7.11 Å². The van der Waals surface area contributed by atoms with Gasteiger partial charge in [-0.3, -0.25) is 0 Å². The normalized spacial score (nSPS) is 12.9. The fourth-order valence-corrected chi connectivity index (χ4v) is 5.24. The van der Waals surface area contributed by atoms with Gasteiger partial charge in [-0.25, -0.2) is 0 Å². The van der Waals surface area contributed by atoms with Crippen LogP contribution in [0.2, 0.25) is 3.43 Å². The van der Waals surface area contributed by atoms with E-state index in [0.29, 0.717) is 0 Å². The molecule has 0 aliphatic carbocycles. The van der Waals surface area contributed by atoms with Crippen molar-refractivity contribution < 1.29 is 47.1 Å². The first kappa shape index (κ1) is 13.8. The summed E-state index contributed by atoms with van der Waals surface area (Å²) in [6, 6.07) is 0. The predicted octanol–water partition coefficient (Wildman–Crippen LogP) is 0.845. The third-order valence-electron chi connectivity index (χ3n) is 2.12. The van der Waals surface area contributed by atoms with Crippen LogP contribution in [0.5, 0.6) is 0 Å². The van der Waals surface area contributed by atoms with E-state index in [-0.39, 0.29) is 0 Å². The summed E-state index contributed by atoms with van der Waals surface area (Å²) in [4.78, 5) is 21.5. The van der Waals surface area contributed by atoms with Gasteiger partial charge >= 0.3 is 96.0 Å². The van der Waals surface area contributed by atoms with E-state index in [4.69, 9.17) is 12.5 Å². The number of ether oxygens (including phenoxy) is 1. The molecule has 0 rings (SSSR count). The number of carbonyl (C=O) groups is 2. The van der Waals surface area contributed by atoms with Gasteiger partial charge in [0, 0.05) is 0 Å². The third-order valence-corrected chi connectivity index (χ3v) is 10.8. The van der Waals surface area contributed by atoms with Crippen molar-refractivity contribution in [3.63, 3.8) is 0 Å². The first-order chi connectivity index (χ1) is 6.31. The molecule has 78 valence electrons. The number of carbonyl (C=O) groups excluding carboxylic acids is 1. The van der Waals surface area contributed by atoms with Gasteiger partial charge in [-0.05, 0) is 0 Å². The van der Waals surface area contributed by atoms with E-state index in [1.165, 1.54) is 14.0 Å². The number of carboxylic acid groups (broad SMARTS) is 1. The summed E-state index contributed by atoms with van der Waals surface area (Å²) in [6.45, 7) is 4.67. The molecule has 1 N–H and O–H groups in total. The first-order valence-corrected chi connectivity index (χ1v) is 9.64. The molecule has 1 atom stereocenters. The Hall–Kier alpha value is -0.165. The number of rotatable bonds is 5. The minimum absolute atomic E-state index is 0.398. The van der Waals surface area contributed by atoms with E-state index < -0.39 is 46.0 Å². The number of aliphatic carboxylic acids is 1. The van der Waals surface area contributed by atoms with Crippen molar-refractivity contribution in [1.29, 1.82) is 0 Å². The summed E-state index contributed by atoms with van der Waals surface area (Å²) in [5, 5.41) is 8.94. The van der Waals surface area contributed by atoms with Gasteiger partial charge in [-0.15, -0.1) is 0 Å². The molecule has 14 heavy (non-hydrogen) atoms. The summed E-state index contributed by atoms with van der Waals surface area (Å²) < 4.78 is 9.31. The molecule has 0 aliphatic heterocycles. The van der Waals surface area contributed by atoms with E-state index in [1.807, 2.05) is 0 Å². The Morgan fingerprint density at radius 2 is 1.93 bits per heavy atom. The Morgan fingerprint density at radius 3 is 2.21 bits per heavy atom. The minimum atomic E-state index is -2.23. The van der Waals surface area contributed by atoms with Crippen molar-refractivity contribution in [2.45, 2.75) is 29.8 Å². The van der Waals surface area contributed by atoms with Crippen LogP contribution in [0.4, 0.5) is 0 Å². The molecule has 0 radical (unpaired) electrons. The van der Waals surface area contributed by atoms with Crippen LogP contribution >= 0.6 is 0 Å². The van der Waals surface area contributed by atoms with E-state index in [0.717, 1.165) is 0 Å². The van der Waals surface area contributed by atoms with Gasteiger partial charge in [0.1, 0.15) is 0 Å². The van der Waals surface area contributed by atoms with Gasteiger partial charge in [-0.1, -0.05) is 0 Å². The van der Waals surface area contributed by atoms with Gasteiger partial charge in [0.05, 0.1) is 0 Å². The Morgan fingerprint density at radius 1 is 1.43 bits per heavy atom. The zero-order valence-electron chi connectivity index (χ0n) is 8.86. The molecule has 1 unspecified atom stereocenters. The average molecular weight is 391 g/mol. The summed E-state index contributed by atoms with van der Waals surface area (Å²) >= 11 is -2.23. The van der Waals surface area contributed by atoms with Crippen LogP contribution in [-0.4, -0.2) is 29.8 Å². The Balaban J connectivity index is 4.45. The second-order valence-corrected chi connectivity index (χ2v) is 9.09. The number of carboxylic acids is 1. The molecule has 0 bridgehead atoms. The average Bonchev–Trinajstić information content (AvgIpc) is 2.03. The fourth-order valence-electron chi connectivity index (χ4n) is 0.912. The first-order valence-electron chi connectivity index (χ1n) is 4.22. The molecule has 0 amide bonds. The fraction of sp³-hybridized carbons (Fsp3) is 0.750. The van der Waals surface area contributed by atoms with Crippen LogP contribution in [0.3, 0.4) is 0 Å². The van der Waals surface area contributed by atoms with E-state index >= 15 is 0 Å². The van der Waals surface area contributed by atoms with Crippen LogP contribution < -0.4 is 0 Å². The molecule has 0 heterocycles.